The van der Waals surface area contributed by atoms with Crippen LogP contribution in [0.3, 0.4) is 0 Å². The fourth-order valence-electron chi connectivity index (χ4n) is 3.06. The molecule has 126 valence electrons. The predicted molar refractivity (Wildman–Crippen MR) is 96.9 cm³/mol. The highest BCUT2D eigenvalue weighted by Gasteiger charge is 2.16. The second-order valence-corrected chi connectivity index (χ2v) is 6.21. The monoisotopic (exact) mass is 332 g/mol. The topological polar surface area (TPSA) is 38.7 Å². The highest BCUT2D eigenvalue weighted by Crippen LogP contribution is 2.31. The van der Waals surface area contributed by atoms with Crippen LogP contribution >= 0.6 is 0 Å². The van der Waals surface area contributed by atoms with E-state index in [-0.39, 0.29) is 0 Å². The van der Waals surface area contributed by atoms with Crippen molar-refractivity contribution in [2.24, 2.45) is 0 Å². The minimum absolute atomic E-state index is 0.535. The summed E-state index contributed by atoms with van der Waals surface area (Å²) in [5.41, 5.74) is 4.04. The molecule has 3 aromatic carbocycles. The molecular weight excluding hydrogens is 312 g/mol. The molecule has 0 saturated heterocycles. The molecule has 3 nitrogen and oxygen atoms in total. The Morgan fingerprint density at radius 2 is 1.68 bits per heavy atom. The molecule has 1 aliphatic rings. The molecule has 0 aromatic heterocycles. The van der Waals surface area contributed by atoms with Gasteiger partial charge in [-0.3, -0.25) is 0 Å². The van der Waals surface area contributed by atoms with E-state index in [1.54, 1.807) is 0 Å². The van der Waals surface area contributed by atoms with E-state index < -0.39 is 6.10 Å². The van der Waals surface area contributed by atoms with Crippen molar-refractivity contribution in [1.29, 1.82) is 0 Å². The SMILES string of the molecule is OC(c1ccc(OCc2ccccc2)cc1)c1ccc2c(c1)CCO2. The molecule has 3 aromatic rings. The van der Waals surface area contributed by atoms with Crippen LogP contribution in [0, 0.1) is 0 Å². The van der Waals surface area contributed by atoms with Crippen molar-refractivity contribution in [3.8, 4) is 11.5 Å². The zero-order chi connectivity index (χ0) is 17.1. The molecule has 0 spiro atoms. The fraction of sp³-hybridized carbons (Fsp3) is 0.182. The highest BCUT2D eigenvalue weighted by atomic mass is 16.5. The quantitative estimate of drug-likeness (QED) is 0.758. The minimum atomic E-state index is -0.644. The largest absolute Gasteiger partial charge is 0.493 e. The van der Waals surface area contributed by atoms with Crippen molar-refractivity contribution in [3.63, 3.8) is 0 Å². The molecular formula is C22H20O3. The van der Waals surface area contributed by atoms with E-state index in [1.807, 2.05) is 72.8 Å². The van der Waals surface area contributed by atoms with E-state index in [4.69, 9.17) is 9.47 Å². The highest BCUT2D eigenvalue weighted by molar-refractivity contribution is 5.43. The lowest BCUT2D eigenvalue weighted by atomic mass is 9.99. The van der Waals surface area contributed by atoms with Crippen molar-refractivity contribution in [3.05, 3.63) is 95.1 Å². The molecule has 1 heterocycles. The Hall–Kier alpha value is -2.78. The number of aliphatic hydroxyl groups is 1. The fourth-order valence-corrected chi connectivity index (χ4v) is 3.06. The van der Waals surface area contributed by atoms with Gasteiger partial charge in [-0.1, -0.05) is 48.5 Å². The van der Waals surface area contributed by atoms with Gasteiger partial charge in [-0.05, 0) is 46.5 Å². The standard InChI is InChI=1S/C22H20O3/c23-22(19-8-11-21-18(14-19)12-13-24-21)17-6-9-20(10-7-17)25-15-16-4-2-1-3-5-16/h1-11,14,22-23H,12-13,15H2. The van der Waals surface area contributed by atoms with Gasteiger partial charge in [0.2, 0.25) is 0 Å². The summed E-state index contributed by atoms with van der Waals surface area (Å²) < 4.78 is 11.3. The van der Waals surface area contributed by atoms with Gasteiger partial charge in [0, 0.05) is 6.42 Å². The van der Waals surface area contributed by atoms with Crippen molar-refractivity contribution >= 4 is 0 Å². The normalized spacial score (nSPS) is 13.8. The molecule has 0 radical (unpaired) electrons. The Morgan fingerprint density at radius 3 is 2.48 bits per heavy atom. The van der Waals surface area contributed by atoms with Crippen LogP contribution in [0.1, 0.15) is 28.4 Å². The first-order valence-corrected chi connectivity index (χ1v) is 8.50. The van der Waals surface area contributed by atoms with Gasteiger partial charge in [0.15, 0.2) is 0 Å². The Bertz CT molecular complexity index is 841. The molecule has 25 heavy (non-hydrogen) atoms. The second-order valence-electron chi connectivity index (χ2n) is 6.21. The van der Waals surface area contributed by atoms with Crippen molar-refractivity contribution in [2.45, 2.75) is 19.1 Å². The van der Waals surface area contributed by atoms with E-state index in [0.29, 0.717) is 6.61 Å². The summed E-state index contributed by atoms with van der Waals surface area (Å²) in [6.07, 6.45) is 0.261. The minimum Gasteiger partial charge on any atom is -0.493 e. The Labute approximate surface area is 147 Å². The summed E-state index contributed by atoms with van der Waals surface area (Å²) >= 11 is 0. The summed E-state index contributed by atoms with van der Waals surface area (Å²) in [5.74, 6) is 1.72. The van der Waals surface area contributed by atoms with Crippen LogP contribution < -0.4 is 9.47 Å². The maximum Gasteiger partial charge on any atom is 0.122 e. The molecule has 1 aliphatic heterocycles. The molecule has 1 unspecified atom stereocenters. The van der Waals surface area contributed by atoms with E-state index in [2.05, 4.69) is 0 Å². The third kappa shape index (κ3) is 3.52. The number of aliphatic hydroxyl groups excluding tert-OH is 1. The second kappa shape index (κ2) is 6.99. The van der Waals surface area contributed by atoms with Crippen molar-refractivity contribution in [2.75, 3.05) is 6.61 Å². The Kier molecular flexibility index (Phi) is 4.40. The summed E-state index contributed by atoms with van der Waals surface area (Å²) in [6, 6.07) is 23.6. The number of fused-ring (bicyclic) bond motifs is 1. The molecule has 3 heteroatoms. The van der Waals surface area contributed by atoms with E-state index in [9.17, 15) is 5.11 Å². The zero-order valence-electron chi connectivity index (χ0n) is 13.9. The first kappa shape index (κ1) is 15.7. The maximum atomic E-state index is 10.6. The zero-order valence-corrected chi connectivity index (χ0v) is 13.9. The van der Waals surface area contributed by atoms with Crippen molar-refractivity contribution < 1.29 is 14.6 Å². The van der Waals surface area contributed by atoms with Gasteiger partial charge < -0.3 is 14.6 Å². The van der Waals surface area contributed by atoms with Gasteiger partial charge in [0.05, 0.1) is 6.61 Å². The van der Waals surface area contributed by atoms with Gasteiger partial charge >= 0.3 is 0 Å². The lowest BCUT2D eigenvalue weighted by Gasteiger charge is -2.13. The van der Waals surface area contributed by atoms with Crippen LogP contribution in [-0.4, -0.2) is 11.7 Å². The number of rotatable bonds is 5. The Balaban J connectivity index is 1.44. The predicted octanol–water partition coefficient (Wildman–Crippen LogP) is 4.28. The van der Waals surface area contributed by atoms with Gasteiger partial charge in [-0.2, -0.15) is 0 Å². The number of hydrogen-bond acceptors (Lipinski definition) is 3. The maximum absolute atomic E-state index is 10.6. The lowest BCUT2D eigenvalue weighted by Crippen LogP contribution is -2.01. The number of hydrogen-bond donors (Lipinski definition) is 1. The van der Waals surface area contributed by atoms with Crippen LogP contribution in [0.2, 0.25) is 0 Å². The van der Waals surface area contributed by atoms with Gasteiger partial charge in [-0.25, -0.2) is 0 Å². The summed E-state index contributed by atoms with van der Waals surface area (Å²) in [6.45, 7) is 1.26. The smallest absolute Gasteiger partial charge is 0.122 e. The summed E-state index contributed by atoms with van der Waals surface area (Å²) in [5, 5.41) is 10.6. The van der Waals surface area contributed by atoms with Gasteiger partial charge in [0.1, 0.15) is 24.2 Å². The first-order valence-electron chi connectivity index (χ1n) is 8.50. The first-order chi connectivity index (χ1) is 12.3. The number of benzene rings is 3. The van der Waals surface area contributed by atoms with Gasteiger partial charge in [-0.15, -0.1) is 0 Å². The molecule has 0 bridgehead atoms. The summed E-state index contributed by atoms with van der Waals surface area (Å²) in [4.78, 5) is 0. The molecule has 0 saturated carbocycles. The molecule has 0 fully saturated rings. The van der Waals surface area contributed by atoms with E-state index in [1.165, 1.54) is 5.56 Å². The summed E-state index contributed by atoms with van der Waals surface area (Å²) in [7, 11) is 0. The Morgan fingerprint density at radius 1 is 0.920 bits per heavy atom. The molecule has 0 aliphatic carbocycles. The van der Waals surface area contributed by atoms with Gasteiger partial charge in [0.25, 0.3) is 0 Å². The van der Waals surface area contributed by atoms with Crippen molar-refractivity contribution in [1.82, 2.24) is 0 Å². The molecule has 1 N–H and O–H groups in total. The van der Waals surface area contributed by atoms with Crippen LogP contribution in [0.4, 0.5) is 0 Å². The van der Waals surface area contributed by atoms with Crippen LogP contribution in [-0.2, 0) is 13.0 Å². The molecule has 1 atom stereocenters. The van der Waals surface area contributed by atoms with E-state index >= 15 is 0 Å². The van der Waals surface area contributed by atoms with Crippen LogP contribution in [0.15, 0.2) is 72.8 Å². The average molecular weight is 332 g/mol. The molecule has 0 amide bonds. The molecule has 4 rings (SSSR count). The van der Waals surface area contributed by atoms with Crippen LogP contribution in [0.5, 0.6) is 11.5 Å². The average Bonchev–Trinajstić information content (AvgIpc) is 3.15. The lowest BCUT2D eigenvalue weighted by molar-refractivity contribution is 0.220. The third-order valence-electron chi connectivity index (χ3n) is 4.47. The third-order valence-corrected chi connectivity index (χ3v) is 4.47. The number of ether oxygens (including phenoxy) is 2. The van der Waals surface area contributed by atoms with Crippen LogP contribution in [0.25, 0.3) is 0 Å². The van der Waals surface area contributed by atoms with E-state index in [0.717, 1.165) is 41.2 Å².